The highest BCUT2D eigenvalue weighted by Crippen LogP contribution is 2.35. The van der Waals surface area contributed by atoms with E-state index in [2.05, 4.69) is 20.7 Å². The van der Waals surface area contributed by atoms with Gasteiger partial charge in [0.05, 0.1) is 11.3 Å². The van der Waals surface area contributed by atoms with Gasteiger partial charge in [-0.15, -0.1) is 13.2 Å². The maximum atomic E-state index is 11.9. The zero-order valence-corrected chi connectivity index (χ0v) is 9.78. The van der Waals surface area contributed by atoms with Gasteiger partial charge < -0.3 is 10.5 Å². The third-order valence-electron chi connectivity index (χ3n) is 1.58. The van der Waals surface area contributed by atoms with Crippen LogP contribution in [0.15, 0.2) is 16.6 Å². The van der Waals surface area contributed by atoms with Crippen LogP contribution in [-0.4, -0.2) is 11.6 Å². The minimum Gasteiger partial charge on any atom is -0.404 e. The van der Waals surface area contributed by atoms with Gasteiger partial charge in [-0.1, -0.05) is 0 Å². The van der Waals surface area contributed by atoms with Crippen molar-refractivity contribution in [1.29, 1.82) is 0 Å². The van der Waals surface area contributed by atoms with Crippen LogP contribution in [0.5, 0.6) is 5.75 Å². The Bertz CT molecular complexity index is 436. The number of carbonyl (C=O) groups excluding carboxylic acids is 1. The minimum absolute atomic E-state index is 0.194. The summed E-state index contributed by atoms with van der Waals surface area (Å²) >= 11 is 8.11. The van der Waals surface area contributed by atoms with Crippen molar-refractivity contribution in [3.05, 3.63) is 22.2 Å². The molecule has 0 aliphatic rings. The number of carbonyl (C=O) groups is 1. The van der Waals surface area contributed by atoms with Gasteiger partial charge in [0.25, 0.3) is 5.24 Å². The van der Waals surface area contributed by atoms with Crippen LogP contribution >= 0.6 is 27.5 Å². The molecule has 0 fully saturated rings. The number of nitrogen functional groups attached to an aromatic ring is 1. The zero-order valence-electron chi connectivity index (χ0n) is 7.44. The number of rotatable bonds is 2. The van der Waals surface area contributed by atoms with Crippen LogP contribution in [0.25, 0.3) is 0 Å². The molecule has 1 aromatic carbocycles. The second kappa shape index (κ2) is 4.50. The van der Waals surface area contributed by atoms with E-state index in [1.807, 2.05) is 0 Å². The Morgan fingerprint density at radius 1 is 1.44 bits per heavy atom. The first kappa shape index (κ1) is 13.1. The van der Waals surface area contributed by atoms with Crippen molar-refractivity contribution in [3.8, 4) is 5.75 Å². The summed E-state index contributed by atoms with van der Waals surface area (Å²) in [6.45, 7) is 0. The SMILES string of the molecule is Nc1c(OC(F)(F)F)ccc(Br)c1C(=O)Cl. The van der Waals surface area contributed by atoms with Gasteiger partial charge >= 0.3 is 6.36 Å². The quantitative estimate of drug-likeness (QED) is 0.672. The highest BCUT2D eigenvalue weighted by molar-refractivity contribution is 9.10. The Morgan fingerprint density at radius 3 is 2.44 bits per heavy atom. The van der Waals surface area contributed by atoms with Crippen LogP contribution < -0.4 is 10.5 Å². The van der Waals surface area contributed by atoms with Crippen molar-refractivity contribution in [1.82, 2.24) is 0 Å². The fraction of sp³-hybridized carbons (Fsp3) is 0.125. The van der Waals surface area contributed by atoms with Gasteiger partial charge in [0.1, 0.15) is 0 Å². The van der Waals surface area contributed by atoms with Crippen LogP contribution in [0.3, 0.4) is 0 Å². The van der Waals surface area contributed by atoms with Gasteiger partial charge in [0.2, 0.25) is 0 Å². The van der Waals surface area contributed by atoms with Crippen molar-refractivity contribution >= 4 is 38.5 Å². The fourth-order valence-corrected chi connectivity index (χ4v) is 1.83. The third-order valence-corrected chi connectivity index (χ3v) is 2.43. The number of halogens is 5. The highest BCUT2D eigenvalue weighted by atomic mass is 79.9. The lowest BCUT2D eigenvalue weighted by Gasteiger charge is -2.13. The fourth-order valence-electron chi connectivity index (χ4n) is 0.987. The normalized spacial score (nSPS) is 11.3. The van der Waals surface area contributed by atoms with Crippen LogP contribution in [0.4, 0.5) is 18.9 Å². The summed E-state index contributed by atoms with van der Waals surface area (Å²) in [5, 5.41) is -0.975. The second-order valence-corrected chi connectivity index (χ2v) is 3.85. The number of ether oxygens (including phenoxy) is 1. The monoisotopic (exact) mass is 317 g/mol. The van der Waals surface area contributed by atoms with E-state index in [4.69, 9.17) is 17.3 Å². The van der Waals surface area contributed by atoms with Gasteiger partial charge in [-0.2, -0.15) is 0 Å². The number of benzene rings is 1. The summed E-state index contributed by atoms with van der Waals surface area (Å²) in [6.07, 6.45) is -4.88. The molecule has 0 heterocycles. The first-order valence-electron chi connectivity index (χ1n) is 3.76. The van der Waals surface area contributed by atoms with Crippen LogP contribution in [0.2, 0.25) is 0 Å². The smallest absolute Gasteiger partial charge is 0.404 e. The van der Waals surface area contributed by atoms with E-state index in [1.165, 1.54) is 6.07 Å². The summed E-state index contributed by atoms with van der Waals surface area (Å²) < 4.78 is 39.7. The van der Waals surface area contributed by atoms with Crippen molar-refractivity contribution in [2.45, 2.75) is 6.36 Å². The molecule has 0 aliphatic carbocycles. The summed E-state index contributed by atoms with van der Waals surface area (Å²) in [4.78, 5) is 10.9. The number of nitrogens with two attached hydrogens (primary N) is 1. The van der Waals surface area contributed by atoms with Crippen molar-refractivity contribution in [2.75, 3.05) is 5.73 Å². The van der Waals surface area contributed by atoms with Gasteiger partial charge in [-0.25, -0.2) is 0 Å². The molecule has 0 saturated heterocycles. The summed E-state index contributed by atoms with van der Waals surface area (Å²) in [5.41, 5.74) is 4.61. The molecular weight excluding hydrogens is 314 g/mol. The molecule has 16 heavy (non-hydrogen) atoms. The van der Waals surface area contributed by atoms with Gasteiger partial charge in [0, 0.05) is 4.47 Å². The molecule has 0 amide bonds. The number of hydrogen-bond donors (Lipinski definition) is 1. The lowest BCUT2D eigenvalue weighted by Crippen LogP contribution is -2.18. The summed E-state index contributed by atoms with van der Waals surface area (Å²) in [7, 11) is 0. The molecule has 1 rings (SSSR count). The largest absolute Gasteiger partial charge is 0.573 e. The second-order valence-electron chi connectivity index (χ2n) is 2.66. The zero-order chi connectivity index (χ0) is 12.5. The van der Waals surface area contributed by atoms with Crippen molar-refractivity contribution in [2.24, 2.45) is 0 Å². The molecule has 0 aromatic heterocycles. The molecule has 0 saturated carbocycles. The Labute approximate surface area is 101 Å². The average Bonchev–Trinajstić information content (AvgIpc) is 2.07. The molecule has 0 aliphatic heterocycles. The minimum atomic E-state index is -4.88. The van der Waals surface area contributed by atoms with E-state index in [0.29, 0.717) is 0 Å². The van der Waals surface area contributed by atoms with Gasteiger partial charge in [0.15, 0.2) is 5.75 Å². The van der Waals surface area contributed by atoms with Crippen molar-refractivity contribution < 1.29 is 22.7 Å². The molecular formula is C8H4BrClF3NO2. The molecule has 3 nitrogen and oxygen atoms in total. The van der Waals surface area contributed by atoms with Gasteiger partial charge in [-0.3, -0.25) is 4.79 Å². The van der Waals surface area contributed by atoms with E-state index < -0.39 is 23.0 Å². The molecule has 0 spiro atoms. The Balaban J connectivity index is 3.24. The van der Waals surface area contributed by atoms with E-state index in [-0.39, 0.29) is 10.0 Å². The lowest BCUT2D eigenvalue weighted by molar-refractivity contribution is -0.274. The van der Waals surface area contributed by atoms with E-state index in [0.717, 1.165) is 6.07 Å². The van der Waals surface area contributed by atoms with E-state index >= 15 is 0 Å². The Hall–Kier alpha value is -0.950. The molecule has 8 heteroatoms. The standard InChI is InChI=1S/C8H4BrClF3NO2/c9-3-1-2-4(16-8(11,12)13)6(14)5(3)7(10)15/h1-2H,14H2. The molecule has 2 N–H and O–H groups in total. The number of anilines is 1. The highest BCUT2D eigenvalue weighted by Gasteiger charge is 2.32. The lowest BCUT2D eigenvalue weighted by atomic mass is 10.2. The first-order chi connectivity index (χ1) is 7.22. The Morgan fingerprint density at radius 2 is 2.00 bits per heavy atom. The third kappa shape index (κ3) is 3.02. The topological polar surface area (TPSA) is 52.3 Å². The molecule has 1 aromatic rings. The van der Waals surface area contributed by atoms with Crippen molar-refractivity contribution in [3.63, 3.8) is 0 Å². The molecule has 0 bridgehead atoms. The maximum absolute atomic E-state index is 11.9. The molecule has 0 atom stereocenters. The van der Waals surface area contributed by atoms with Crippen LogP contribution in [-0.2, 0) is 0 Å². The van der Waals surface area contributed by atoms with Gasteiger partial charge in [-0.05, 0) is 39.7 Å². The number of hydrogen-bond acceptors (Lipinski definition) is 3. The molecule has 0 unspecified atom stereocenters. The maximum Gasteiger partial charge on any atom is 0.573 e. The molecule has 0 radical (unpaired) electrons. The predicted molar refractivity (Wildman–Crippen MR) is 55.4 cm³/mol. The molecule has 88 valence electrons. The Kier molecular flexibility index (Phi) is 3.69. The first-order valence-corrected chi connectivity index (χ1v) is 4.93. The van der Waals surface area contributed by atoms with E-state index in [1.54, 1.807) is 0 Å². The van der Waals surface area contributed by atoms with Crippen LogP contribution in [0.1, 0.15) is 10.4 Å². The number of alkyl halides is 3. The summed E-state index contributed by atoms with van der Waals surface area (Å²) in [5.74, 6) is -0.667. The van der Waals surface area contributed by atoms with Crippen LogP contribution in [0, 0.1) is 0 Å². The average molecular weight is 318 g/mol. The van der Waals surface area contributed by atoms with E-state index in [9.17, 15) is 18.0 Å². The summed E-state index contributed by atoms with van der Waals surface area (Å²) in [6, 6.07) is 2.17. The predicted octanol–water partition coefficient (Wildman–Crippen LogP) is 3.31.